The Morgan fingerprint density at radius 2 is 1.82 bits per heavy atom. The number of amidine groups is 1. The molecule has 0 bridgehead atoms. The van der Waals surface area contributed by atoms with Gasteiger partial charge in [-0.2, -0.15) is 0 Å². The summed E-state index contributed by atoms with van der Waals surface area (Å²) < 4.78 is 0. The van der Waals surface area contributed by atoms with Crippen molar-refractivity contribution in [3.63, 3.8) is 0 Å². The van der Waals surface area contributed by atoms with Crippen LogP contribution < -0.4 is 0 Å². The Bertz CT molecular complexity index is 412. The lowest BCUT2D eigenvalue weighted by molar-refractivity contribution is 0.336. The Hall–Kier alpha value is -0.730. The zero-order chi connectivity index (χ0) is 12.3. The first kappa shape index (κ1) is 12.7. The van der Waals surface area contributed by atoms with Gasteiger partial charge >= 0.3 is 0 Å². The normalized spacial score (nSPS) is 16.0. The molecular weight excluding hydrogens is 255 g/mol. The first-order valence-electron chi connectivity index (χ1n) is 5.93. The first-order valence-corrected chi connectivity index (χ1v) is 6.69. The highest BCUT2D eigenvalue weighted by molar-refractivity contribution is 6.42. The van der Waals surface area contributed by atoms with Crippen molar-refractivity contribution < 1.29 is 0 Å². The predicted octanol–water partition coefficient (Wildman–Crippen LogP) is 4.00. The molecule has 1 fully saturated rings. The average molecular weight is 271 g/mol. The van der Waals surface area contributed by atoms with Crippen LogP contribution in [-0.2, 0) is 6.42 Å². The molecule has 4 heteroatoms. The second kappa shape index (κ2) is 5.74. The fourth-order valence-electron chi connectivity index (χ4n) is 2.12. The molecule has 0 spiro atoms. The van der Waals surface area contributed by atoms with Crippen LogP contribution in [-0.4, -0.2) is 23.8 Å². The second-order valence-electron chi connectivity index (χ2n) is 4.42. The molecule has 0 aromatic heterocycles. The van der Waals surface area contributed by atoms with Crippen LogP contribution in [0.25, 0.3) is 0 Å². The molecule has 0 radical (unpaired) electrons. The molecule has 1 aromatic carbocycles. The predicted molar refractivity (Wildman–Crippen MR) is 73.3 cm³/mol. The van der Waals surface area contributed by atoms with Crippen LogP contribution >= 0.6 is 23.2 Å². The summed E-state index contributed by atoms with van der Waals surface area (Å²) in [5.74, 6) is 0.683. The van der Waals surface area contributed by atoms with Crippen LogP contribution in [0.1, 0.15) is 24.8 Å². The molecule has 17 heavy (non-hydrogen) atoms. The maximum Gasteiger partial charge on any atom is 0.100 e. The minimum absolute atomic E-state index is 0.565. The molecule has 2 rings (SSSR count). The molecule has 1 aromatic rings. The lowest BCUT2D eigenvalue weighted by Crippen LogP contribution is -2.36. The van der Waals surface area contributed by atoms with E-state index in [-0.39, 0.29) is 0 Å². The van der Waals surface area contributed by atoms with Crippen LogP contribution in [0.2, 0.25) is 10.0 Å². The van der Waals surface area contributed by atoms with Crippen molar-refractivity contribution >= 4 is 29.0 Å². The maximum absolute atomic E-state index is 8.09. The third-order valence-corrected chi connectivity index (χ3v) is 3.83. The Kier molecular flexibility index (Phi) is 4.30. The van der Waals surface area contributed by atoms with Gasteiger partial charge in [0, 0.05) is 19.5 Å². The molecule has 0 saturated carbocycles. The van der Waals surface area contributed by atoms with Crippen LogP contribution in [0.15, 0.2) is 18.2 Å². The Morgan fingerprint density at radius 3 is 2.47 bits per heavy atom. The molecule has 1 heterocycles. The standard InChI is InChI=1S/C13H16Cl2N2/c14-11-5-4-10(8-12(11)15)9-13(16)17-6-2-1-3-7-17/h4-5,8,16H,1-3,6-7,9H2. The minimum atomic E-state index is 0.565. The van der Waals surface area contributed by atoms with E-state index in [1.807, 2.05) is 12.1 Å². The van der Waals surface area contributed by atoms with Crippen molar-refractivity contribution in [3.8, 4) is 0 Å². The zero-order valence-corrected chi connectivity index (χ0v) is 11.2. The Labute approximate surface area is 112 Å². The van der Waals surface area contributed by atoms with E-state index < -0.39 is 0 Å². The van der Waals surface area contributed by atoms with Gasteiger partial charge in [0.05, 0.1) is 10.0 Å². The van der Waals surface area contributed by atoms with E-state index in [1.165, 1.54) is 19.3 Å². The summed E-state index contributed by atoms with van der Waals surface area (Å²) in [5, 5.41) is 9.23. The fourth-order valence-corrected chi connectivity index (χ4v) is 2.44. The van der Waals surface area contributed by atoms with Gasteiger partial charge in [-0.25, -0.2) is 0 Å². The third-order valence-electron chi connectivity index (χ3n) is 3.09. The highest BCUT2D eigenvalue weighted by Crippen LogP contribution is 2.23. The quantitative estimate of drug-likeness (QED) is 0.638. The number of nitrogens with one attached hydrogen (secondary N) is 1. The van der Waals surface area contributed by atoms with E-state index in [2.05, 4.69) is 4.90 Å². The summed E-state index contributed by atoms with van der Waals surface area (Å²) in [5.41, 5.74) is 1.05. The van der Waals surface area contributed by atoms with Gasteiger partial charge in [0.2, 0.25) is 0 Å². The number of rotatable bonds is 2. The molecule has 0 atom stereocenters. The number of likely N-dealkylation sites (tertiary alicyclic amines) is 1. The maximum atomic E-state index is 8.09. The molecule has 1 saturated heterocycles. The summed E-state index contributed by atoms with van der Waals surface area (Å²) >= 11 is 11.8. The van der Waals surface area contributed by atoms with Gasteiger partial charge in [-0.1, -0.05) is 29.3 Å². The molecule has 2 nitrogen and oxygen atoms in total. The lowest BCUT2D eigenvalue weighted by atomic mass is 10.1. The van der Waals surface area contributed by atoms with E-state index in [9.17, 15) is 0 Å². The van der Waals surface area contributed by atoms with Crippen LogP contribution in [0.4, 0.5) is 0 Å². The summed E-state index contributed by atoms with van der Waals surface area (Å²) in [6.45, 7) is 2.03. The molecule has 0 amide bonds. The van der Waals surface area contributed by atoms with Crippen molar-refractivity contribution in [1.29, 1.82) is 5.41 Å². The fraction of sp³-hybridized carbons (Fsp3) is 0.462. The summed E-state index contributed by atoms with van der Waals surface area (Å²) in [4.78, 5) is 2.16. The SMILES string of the molecule is N=C(Cc1ccc(Cl)c(Cl)c1)N1CCCCC1. The van der Waals surface area contributed by atoms with Gasteiger partial charge in [0.25, 0.3) is 0 Å². The highest BCUT2D eigenvalue weighted by Gasteiger charge is 2.13. The molecule has 0 aliphatic carbocycles. The van der Waals surface area contributed by atoms with Crippen molar-refractivity contribution in [2.75, 3.05) is 13.1 Å². The van der Waals surface area contributed by atoms with Gasteiger partial charge in [0.1, 0.15) is 5.84 Å². The van der Waals surface area contributed by atoms with Gasteiger partial charge in [-0.05, 0) is 37.0 Å². The number of piperidine rings is 1. The minimum Gasteiger partial charge on any atom is -0.360 e. The lowest BCUT2D eigenvalue weighted by Gasteiger charge is -2.29. The van der Waals surface area contributed by atoms with Crippen molar-refractivity contribution in [3.05, 3.63) is 33.8 Å². The van der Waals surface area contributed by atoms with E-state index in [1.54, 1.807) is 6.07 Å². The summed E-state index contributed by atoms with van der Waals surface area (Å²) in [6.07, 6.45) is 4.32. The van der Waals surface area contributed by atoms with Crippen LogP contribution in [0, 0.1) is 5.41 Å². The molecule has 1 aliphatic heterocycles. The van der Waals surface area contributed by atoms with E-state index >= 15 is 0 Å². The molecule has 92 valence electrons. The smallest absolute Gasteiger partial charge is 0.100 e. The van der Waals surface area contributed by atoms with Gasteiger partial charge in [-0.15, -0.1) is 0 Å². The number of benzene rings is 1. The molecule has 1 N–H and O–H groups in total. The van der Waals surface area contributed by atoms with Crippen molar-refractivity contribution in [2.45, 2.75) is 25.7 Å². The first-order chi connectivity index (χ1) is 8.16. The van der Waals surface area contributed by atoms with E-state index in [0.29, 0.717) is 22.3 Å². The number of hydrogen-bond acceptors (Lipinski definition) is 1. The number of nitrogens with zero attached hydrogens (tertiary/aromatic N) is 1. The average Bonchev–Trinajstić information content (AvgIpc) is 2.35. The van der Waals surface area contributed by atoms with Crippen LogP contribution in [0.3, 0.4) is 0 Å². The van der Waals surface area contributed by atoms with E-state index in [4.69, 9.17) is 28.6 Å². The van der Waals surface area contributed by atoms with Crippen molar-refractivity contribution in [1.82, 2.24) is 4.90 Å². The summed E-state index contributed by atoms with van der Waals surface area (Å²) in [6, 6.07) is 5.58. The zero-order valence-electron chi connectivity index (χ0n) is 9.68. The van der Waals surface area contributed by atoms with Crippen LogP contribution in [0.5, 0.6) is 0 Å². The Morgan fingerprint density at radius 1 is 1.12 bits per heavy atom. The monoisotopic (exact) mass is 270 g/mol. The van der Waals surface area contributed by atoms with Gasteiger partial charge < -0.3 is 4.90 Å². The van der Waals surface area contributed by atoms with E-state index in [0.717, 1.165) is 18.7 Å². The Balaban J connectivity index is 1.99. The number of hydrogen-bond donors (Lipinski definition) is 1. The largest absolute Gasteiger partial charge is 0.360 e. The summed E-state index contributed by atoms with van der Waals surface area (Å²) in [7, 11) is 0. The topological polar surface area (TPSA) is 27.1 Å². The van der Waals surface area contributed by atoms with Gasteiger partial charge in [-0.3, -0.25) is 5.41 Å². The molecule has 0 unspecified atom stereocenters. The number of halogens is 2. The second-order valence-corrected chi connectivity index (χ2v) is 5.23. The van der Waals surface area contributed by atoms with Gasteiger partial charge in [0.15, 0.2) is 0 Å². The third kappa shape index (κ3) is 3.36. The van der Waals surface area contributed by atoms with Crippen molar-refractivity contribution in [2.24, 2.45) is 0 Å². The highest BCUT2D eigenvalue weighted by atomic mass is 35.5. The molecular formula is C13H16Cl2N2. The molecule has 1 aliphatic rings.